The second kappa shape index (κ2) is 8.52. The molecule has 4 nitrogen and oxygen atoms in total. The van der Waals surface area contributed by atoms with Crippen molar-refractivity contribution in [2.45, 2.75) is 38.0 Å². The molecule has 1 unspecified atom stereocenters. The highest BCUT2D eigenvalue weighted by atomic mass is 16.3. The average Bonchev–Trinajstić information content (AvgIpc) is 2.84. The summed E-state index contributed by atoms with van der Waals surface area (Å²) in [6, 6.07) is 8.00. The van der Waals surface area contributed by atoms with Crippen LogP contribution in [0, 0.1) is 0 Å². The number of likely N-dealkylation sites (N-methyl/N-ethyl adjacent to an activating group) is 1. The number of aromatic hydroxyl groups is 1. The molecule has 4 heteroatoms. The summed E-state index contributed by atoms with van der Waals surface area (Å²) >= 11 is 0. The van der Waals surface area contributed by atoms with Crippen LogP contribution in [0.15, 0.2) is 24.3 Å². The Morgan fingerprint density at radius 3 is 2.48 bits per heavy atom. The fourth-order valence-electron chi connectivity index (χ4n) is 4.49. The molecule has 1 atom stereocenters. The van der Waals surface area contributed by atoms with Gasteiger partial charge in [-0.25, -0.2) is 0 Å². The van der Waals surface area contributed by atoms with Crippen LogP contribution in [0.5, 0.6) is 5.75 Å². The lowest BCUT2D eigenvalue weighted by Gasteiger charge is -2.38. The van der Waals surface area contributed by atoms with Crippen molar-refractivity contribution in [2.75, 3.05) is 59.4 Å². The topological polar surface area (TPSA) is 30.0 Å². The number of hydrogen-bond acceptors (Lipinski definition) is 4. The van der Waals surface area contributed by atoms with Gasteiger partial charge in [0.05, 0.1) is 0 Å². The molecule has 0 radical (unpaired) electrons. The third kappa shape index (κ3) is 4.75. The Hall–Kier alpha value is -1.10. The van der Waals surface area contributed by atoms with Gasteiger partial charge in [-0.3, -0.25) is 4.90 Å². The average molecular weight is 346 g/mol. The molecular formula is C21H35N3O. The van der Waals surface area contributed by atoms with Gasteiger partial charge in [-0.15, -0.1) is 0 Å². The van der Waals surface area contributed by atoms with Gasteiger partial charge in [-0.2, -0.15) is 0 Å². The monoisotopic (exact) mass is 345 g/mol. The molecule has 25 heavy (non-hydrogen) atoms. The summed E-state index contributed by atoms with van der Waals surface area (Å²) in [6.07, 6.45) is 4.96. The Kier molecular flexibility index (Phi) is 6.37. The Morgan fingerprint density at radius 2 is 1.76 bits per heavy atom. The Labute approximate surface area is 153 Å². The van der Waals surface area contributed by atoms with E-state index in [2.05, 4.69) is 34.7 Å². The maximum Gasteiger partial charge on any atom is 0.115 e. The Bertz CT molecular complexity index is 542. The number of rotatable bonds is 5. The van der Waals surface area contributed by atoms with E-state index in [1.165, 1.54) is 70.6 Å². The first-order valence-corrected chi connectivity index (χ1v) is 10.0. The highest BCUT2D eigenvalue weighted by molar-refractivity contribution is 5.33. The van der Waals surface area contributed by atoms with Crippen LogP contribution in [0.4, 0.5) is 0 Å². The van der Waals surface area contributed by atoms with Gasteiger partial charge in [0.15, 0.2) is 0 Å². The quantitative estimate of drug-likeness (QED) is 0.889. The van der Waals surface area contributed by atoms with Gasteiger partial charge in [0.1, 0.15) is 5.75 Å². The summed E-state index contributed by atoms with van der Waals surface area (Å²) < 4.78 is 0. The third-order valence-electron chi connectivity index (χ3n) is 6.37. The van der Waals surface area contributed by atoms with Crippen LogP contribution < -0.4 is 0 Å². The summed E-state index contributed by atoms with van der Waals surface area (Å²) in [5.41, 5.74) is 1.51. The van der Waals surface area contributed by atoms with Crippen molar-refractivity contribution in [3.63, 3.8) is 0 Å². The summed E-state index contributed by atoms with van der Waals surface area (Å²) in [6.45, 7) is 11.8. The molecule has 1 aromatic rings. The molecule has 0 spiro atoms. The second-order valence-corrected chi connectivity index (χ2v) is 8.06. The third-order valence-corrected chi connectivity index (χ3v) is 6.37. The maximum absolute atomic E-state index is 9.96. The smallest absolute Gasteiger partial charge is 0.115 e. The van der Waals surface area contributed by atoms with E-state index in [0.29, 0.717) is 5.75 Å². The van der Waals surface area contributed by atoms with Crippen molar-refractivity contribution in [3.8, 4) is 5.75 Å². The number of nitrogens with zero attached hydrogens (tertiary/aromatic N) is 3. The standard InChI is InChI=1S/C21H35N3O/c1-3-21(19-7-6-8-20(25)17-19)9-4-5-10-24(18-21)16-15-23-13-11-22(2)12-14-23/h6-8,17,25H,3-5,9-16,18H2,1-2H3. The molecule has 2 aliphatic heterocycles. The van der Waals surface area contributed by atoms with Gasteiger partial charge in [0.25, 0.3) is 0 Å². The summed E-state index contributed by atoms with van der Waals surface area (Å²) in [5, 5.41) is 9.96. The first-order valence-electron chi connectivity index (χ1n) is 10.0. The number of likely N-dealkylation sites (tertiary alicyclic amines) is 1. The van der Waals surface area contributed by atoms with E-state index < -0.39 is 0 Å². The fourth-order valence-corrected chi connectivity index (χ4v) is 4.49. The lowest BCUT2D eigenvalue weighted by Crippen LogP contribution is -2.48. The van der Waals surface area contributed by atoms with Gasteiger partial charge in [0.2, 0.25) is 0 Å². The zero-order chi connectivity index (χ0) is 17.7. The molecule has 2 aliphatic rings. The molecule has 2 heterocycles. The minimum atomic E-state index is 0.192. The van der Waals surface area contributed by atoms with Gasteiger partial charge in [-0.1, -0.05) is 25.5 Å². The van der Waals surface area contributed by atoms with E-state index in [1.807, 2.05) is 12.1 Å². The first-order chi connectivity index (χ1) is 12.1. The van der Waals surface area contributed by atoms with Crippen molar-refractivity contribution >= 4 is 0 Å². The Morgan fingerprint density at radius 1 is 1.00 bits per heavy atom. The maximum atomic E-state index is 9.96. The minimum absolute atomic E-state index is 0.192. The lowest BCUT2D eigenvalue weighted by molar-refractivity contribution is 0.128. The molecule has 2 fully saturated rings. The molecular weight excluding hydrogens is 310 g/mol. The van der Waals surface area contributed by atoms with Crippen LogP contribution in [0.2, 0.25) is 0 Å². The zero-order valence-corrected chi connectivity index (χ0v) is 16.1. The fraction of sp³-hybridized carbons (Fsp3) is 0.714. The number of benzene rings is 1. The van der Waals surface area contributed by atoms with E-state index in [4.69, 9.17) is 0 Å². The molecule has 1 aromatic carbocycles. The van der Waals surface area contributed by atoms with E-state index in [1.54, 1.807) is 6.07 Å². The van der Waals surface area contributed by atoms with E-state index in [0.717, 1.165) is 13.0 Å². The molecule has 0 bridgehead atoms. The second-order valence-electron chi connectivity index (χ2n) is 8.06. The van der Waals surface area contributed by atoms with Crippen molar-refractivity contribution in [3.05, 3.63) is 29.8 Å². The molecule has 2 saturated heterocycles. The van der Waals surface area contributed by atoms with E-state index >= 15 is 0 Å². The minimum Gasteiger partial charge on any atom is -0.508 e. The molecule has 140 valence electrons. The van der Waals surface area contributed by atoms with E-state index in [9.17, 15) is 5.11 Å². The lowest BCUT2D eigenvalue weighted by atomic mass is 9.74. The van der Waals surface area contributed by atoms with Crippen LogP contribution in [0.1, 0.15) is 38.2 Å². The van der Waals surface area contributed by atoms with Gasteiger partial charge >= 0.3 is 0 Å². The van der Waals surface area contributed by atoms with Crippen LogP contribution in [0.3, 0.4) is 0 Å². The summed E-state index contributed by atoms with van der Waals surface area (Å²) in [4.78, 5) is 7.72. The molecule has 0 aromatic heterocycles. The van der Waals surface area contributed by atoms with Crippen molar-refractivity contribution in [1.29, 1.82) is 0 Å². The number of hydrogen-bond donors (Lipinski definition) is 1. The van der Waals surface area contributed by atoms with Crippen molar-refractivity contribution in [1.82, 2.24) is 14.7 Å². The molecule has 0 aliphatic carbocycles. The van der Waals surface area contributed by atoms with Crippen LogP contribution in [-0.4, -0.2) is 79.2 Å². The predicted octanol–water partition coefficient (Wildman–Crippen LogP) is 2.77. The highest BCUT2D eigenvalue weighted by Gasteiger charge is 2.34. The number of phenolic OH excluding ortho intramolecular Hbond substituents is 1. The van der Waals surface area contributed by atoms with Crippen LogP contribution >= 0.6 is 0 Å². The molecule has 1 N–H and O–H groups in total. The normalized spacial score (nSPS) is 27.3. The Balaban J connectivity index is 1.65. The summed E-state index contributed by atoms with van der Waals surface area (Å²) in [5.74, 6) is 0.401. The van der Waals surface area contributed by atoms with Gasteiger partial charge in [0, 0.05) is 51.2 Å². The SMILES string of the molecule is CCC1(c2cccc(O)c2)CCCCN(CCN2CCN(C)CC2)C1. The summed E-state index contributed by atoms with van der Waals surface area (Å²) in [7, 11) is 2.22. The van der Waals surface area contributed by atoms with Crippen molar-refractivity contribution in [2.24, 2.45) is 0 Å². The van der Waals surface area contributed by atoms with E-state index in [-0.39, 0.29) is 5.41 Å². The van der Waals surface area contributed by atoms with Crippen LogP contribution in [0.25, 0.3) is 0 Å². The number of piperazine rings is 1. The van der Waals surface area contributed by atoms with Gasteiger partial charge < -0.3 is 14.9 Å². The molecule has 3 rings (SSSR count). The predicted molar refractivity (Wildman–Crippen MR) is 104 cm³/mol. The largest absolute Gasteiger partial charge is 0.508 e. The van der Waals surface area contributed by atoms with Gasteiger partial charge in [-0.05, 0) is 50.6 Å². The molecule has 0 amide bonds. The molecule has 0 saturated carbocycles. The number of phenols is 1. The highest BCUT2D eigenvalue weighted by Crippen LogP contribution is 2.37. The zero-order valence-electron chi connectivity index (χ0n) is 16.1. The first kappa shape index (κ1) is 18.7. The van der Waals surface area contributed by atoms with Crippen LogP contribution in [-0.2, 0) is 5.41 Å². The van der Waals surface area contributed by atoms with Crippen molar-refractivity contribution < 1.29 is 5.11 Å².